The average molecular weight is 226 g/mol. The molecule has 15 heavy (non-hydrogen) atoms. The maximum atomic E-state index is 9.64. The first kappa shape index (κ1) is 10.2. The van der Waals surface area contributed by atoms with Gasteiger partial charge in [-0.25, -0.2) is 4.98 Å². The Hall–Kier alpha value is -1.29. The molecule has 0 aliphatic carbocycles. The molecular weight excluding hydrogens is 214 g/mol. The first-order valence-corrected chi connectivity index (χ1v) is 5.16. The molecule has 0 aliphatic heterocycles. The monoisotopic (exact) mass is 225 g/mol. The summed E-state index contributed by atoms with van der Waals surface area (Å²) >= 11 is 5.85. The highest BCUT2D eigenvalue weighted by atomic mass is 35.5. The molecule has 4 nitrogen and oxygen atoms in total. The van der Waals surface area contributed by atoms with Crippen molar-refractivity contribution in [2.45, 2.75) is 20.4 Å². The van der Waals surface area contributed by atoms with Crippen LogP contribution in [0.2, 0.25) is 5.02 Å². The van der Waals surface area contributed by atoms with Gasteiger partial charge in [0.25, 0.3) is 6.01 Å². The predicted octanol–water partition coefficient (Wildman–Crippen LogP) is 2.45. The van der Waals surface area contributed by atoms with Crippen LogP contribution in [0.15, 0.2) is 12.3 Å². The molecule has 0 atom stereocenters. The number of halogens is 1. The van der Waals surface area contributed by atoms with E-state index in [4.69, 9.17) is 11.6 Å². The molecule has 2 aromatic heterocycles. The second-order valence-electron chi connectivity index (χ2n) is 3.91. The van der Waals surface area contributed by atoms with Crippen LogP contribution < -0.4 is 0 Å². The van der Waals surface area contributed by atoms with Gasteiger partial charge in [-0.05, 0) is 12.0 Å². The Morgan fingerprint density at radius 1 is 1.53 bits per heavy atom. The van der Waals surface area contributed by atoms with Crippen LogP contribution in [0.4, 0.5) is 0 Å². The molecule has 0 aromatic carbocycles. The number of nitrogens with zero attached hydrogens (tertiary/aromatic N) is 3. The van der Waals surface area contributed by atoms with E-state index in [9.17, 15) is 5.11 Å². The van der Waals surface area contributed by atoms with Crippen molar-refractivity contribution in [3.63, 3.8) is 0 Å². The van der Waals surface area contributed by atoms with E-state index in [0.29, 0.717) is 23.1 Å². The van der Waals surface area contributed by atoms with Crippen molar-refractivity contribution < 1.29 is 5.11 Å². The molecule has 0 bridgehead atoms. The average Bonchev–Trinajstić information content (AvgIpc) is 2.43. The zero-order chi connectivity index (χ0) is 11.0. The van der Waals surface area contributed by atoms with Crippen LogP contribution in [0.3, 0.4) is 0 Å². The second-order valence-corrected chi connectivity index (χ2v) is 4.35. The molecule has 0 aliphatic rings. The van der Waals surface area contributed by atoms with Crippen LogP contribution in [-0.4, -0.2) is 19.6 Å². The molecule has 0 saturated carbocycles. The van der Waals surface area contributed by atoms with E-state index in [1.54, 1.807) is 10.6 Å². The maximum Gasteiger partial charge on any atom is 0.296 e. The standard InChI is InChI=1S/C10H12ClN3O/c1-6(2)5-14-8-3-7(11)4-12-9(8)13-10(14)15/h3-4,6H,5H2,1-2H3,(H,12,13,15). The second kappa shape index (κ2) is 3.70. The van der Waals surface area contributed by atoms with Gasteiger partial charge in [-0.1, -0.05) is 25.4 Å². The molecule has 0 saturated heterocycles. The minimum Gasteiger partial charge on any atom is -0.480 e. The fourth-order valence-corrected chi connectivity index (χ4v) is 1.67. The van der Waals surface area contributed by atoms with E-state index < -0.39 is 0 Å². The summed E-state index contributed by atoms with van der Waals surface area (Å²) in [6.07, 6.45) is 1.52. The van der Waals surface area contributed by atoms with Crippen LogP contribution in [0, 0.1) is 5.92 Å². The Labute approximate surface area is 92.5 Å². The Morgan fingerprint density at radius 2 is 2.27 bits per heavy atom. The largest absolute Gasteiger partial charge is 0.480 e. The Kier molecular flexibility index (Phi) is 2.52. The molecule has 2 heterocycles. The SMILES string of the molecule is CC(C)Cn1c(O)nc2ncc(Cl)cc21. The van der Waals surface area contributed by atoms with Gasteiger partial charge in [-0.15, -0.1) is 0 Å². The lowest BCUT2D eigenvalue weighted by Gasteiger charge is -2.07. The predicted molar refractivity (Wildman–Crippen MR) is 59.0 cm³/mol. The molecule has 0 spiro atoms. The fraction of sp³-hybridized carbons (Fsp3) is 0.400. The Bertz CT molecular complexity index is 493. The van der Waals surface area contributed by atoms with Crippen LogP contribution >= 0.6 is 11.6 Å². The Morgan fingerprint density at radius 3 is 2.93 bits per heavy atom. The third-order valence-electron chi connectivity index (χ3n) is 2.10. The molecular formula is C10H12ClN3O. The van der Waals surface area contributed by atoms with Gasteiger partial charge in [-0.2, -0.15) is 4.98 Å². The summed E-state index contributed by atoms with van der Waals surface area (Å²) in [5.74, 6) is 0.423. The molecule has 2 rings (SSSR count). The number of hydrogen-bond acceptors (Lipinski definition) is 3. The van der Waals surface area contributed by atoms with E-state index in [-0.39, 0.29) is 6.01 Å². The number of rotatable bonds is 2. The summed E-state index contributed by atoms with van der Waals surface area (Å²) in [6.45, 7) is 4.84. The van der Waals surface area contributed by atoms with Crippen LogP contribution in [-0.2, 0) is 6.54 Å². The summed E-state index contributed by atoms with van der Waals surface area (Å²) < 4.78 is 1.72. The van der Waals surface area contributed by atoms with Gasteiger partial charge >= 0.3 is 0 Å². The molecule has 80 valence electrons. The van der Waals surface area contributed by atoms with Crippen molar-refractivity contribution in [2.75, 3.05) is 0 Å². The summed E-state index contributed by atoms with van der Waals surface area (Å²) in [6, 6.07) is 1.76. The highest BCUT2D eigenvalue weighted by Gasteiger charge is 2.11. The Balaban J connectivity index is 2.60. The van der Waals surface area contributed by atoms with E-state index in [1.165, 1.54) is 6.20 Å². The summed E-state index contributed by atoms with van der Waals surface area (Å²) in [7, 11) is 0. The van der Waals surface area contributed by atoms with Crippen molar-refractivity contribution in [1.82, 2.24) is 14.5 Å². The van der Waals surface area contributed by atoms with Gasteiger partial charge in [0.15, 0.2) is 5.65 Å². The first-order chi connectivity index (χ1) is 7.08. The van der Waals surface area contributed by atoms with Crippen molar-refractivity contribution >= 4 is 22.8 Å². The van der Waals surface area contributed by atoms with E-state index in [1.807, 2.05) is 0 Å². The smallest absolute Gasteiger partial charge is 0.296 e. The molecule has 2 aromatic rings. The van der Waals surface area contributed by atoms with Crippen molar-refractivity contribution in [1.29, 1.82) is 0 Å². The topological polar surface area (TPSA) is 50.9 Å². The number of aromatic hydroxyl groups is 1. The minimum absolute atomic E-state index is 0.00605. The van der Waals surface area contributed by atoms with Crippen LogP contribution in [0.1, 0.15) is 13.8 Å². The van der Waals surface area contributed by atoms with Gasteiger partial charge in [0.1, 0.15) is 0 Å². The van der Waals surface area contributed by atoms with E-state index in [2.05, 4.69) is 23.8 Å². The van der Waals surface area contributed by atoms with Crippen molar-refractivity contribution in [2.24, 2.45) is 5.92 Å². The van der Waals surface area contributed by atoms with Crippen LogP contribution in [0.25, 0.3) is 11.2 Å². The van der Waals surface area contributed by atoms with Gasteiger partial charge in [0.2, 0.25) is 0 Å². The summed E-state index contributed by atoms with van der Waals surface area (Å²) in [5, 5.41) is 10.2. The van der Waals surface area contributed by atoms with E-state index >= 15 is 0 Å². The molecule has 5 heteroatoms. The molecule has 0 unspecified atom stereocenters. The quantitative estimate of drug-likeness (QED) is 0.854. The third-order valence-corrected chi connectivity index (χ3v) is 2.31. The molecule has 1 N–H and O–H groups in total. The van der Waals surface area contributed by atoms with Crippen molar-refractivity contribution in [3.8, 4) is 6.01 Å². The highest BCUT2D eigenvalue weighted by molar-refractivity contribution is 6.31. The van der Waals surface area contributed by atoms with Gasteiger partial charge in [0, 0.05) is 12.7 Å². The minimum atomic E-state index is -0.00605. The lowest BCUT2D eigenvalue weighted by atomic mass is 10.2. The maximum absolute atomic E-state index is 9.64. The molecule has 0 radical (unpaired) electrons. The lowest BCUT2D eigenvalue weighted by molar-refractivity contribution is 0.383. The zero-order valence-corrected chi connectivity index (χ0v) is 9.36. The van der Waals surface area contributed by atoms with Crippen molar-refractivity contribution in [3.05, 3.63) is 17.3 Å². The zero-order valence-electron chi connectivity index (χ0n) is 8.61. The highest BCUT2D eigenvalue weighted by Crippen LogP contribution is 2.22. The van der Waals surface area contributed by atoms with E-state index in [0.717, 1.165) is 5.52 Å². The summed E-state index contributed by atoms with van der Waals surface area (Å²) in [5.41, 5.74) is 1.30. The summed E-state index contributed by atoms with van der Waals surface area (Å²) in [4.78, 5) is 8.00. The molecule has 0 amide bonds. The number of pyridine rings is 1. The third kappa shape index (κ3) is 1.90. The fourth-order valence-electron chi connectivity index (χ4n) is 1.51. The first-order valence-electron chi connectivity index (χ1n) is 4.78. The number of fused-ring (bicyclic) bond motifs is 1. The number of hydrogen-bond donors (Lipinski definition) is 1. The lowest BCUT2D eigenvalue weighted by Crippen LogP contribution is -2.03. The van der Waals surface area contributed by atoms with Gasteiger partial charge in [-0.3, -0.25) is 4.57 Å². The van der Waals surface area contributed by atoms with Crippen LogP contribution in [0.5, 0.6) is 6.01 Å². The number of aromatic nitrogens is 3. The number of imidazole rings is 1. The van der Waals surface area contributed by atoms with Gasteiger partial charge < -0.3 is 5.11 Å². The normalized spacial score (nSPS) is 11.5. The van der Waals surface area contributed by atoms with Gasteiger partial charge in [0.05, 0.1) is 10.5 Å². The molecule has 0 fully saturated rings.